The van der Waals surface area contributed by atoms with Gasteiger partial charge < -0.3 is 14.8 Å². The highest BCUT2D eigenvalue weighted by Gasteiger charge is 2.31. The van der Waals surface area contributed by atoms with Crippen LogP contribution < -0.4 is 15.0 Å². The Morgan fingerprint density at radius 3 is 2.83 bits per heavy atom. The van der Waals surface area contributed by atoms with Crippen molar-refractivity contribution >= 4 is 23.5 Å². The van der Waals surface area contributed by atoms with Crippen LogP contribution in [-0.2, 0) is 19.1 Å². The SMILES string of the molecule is C[C@H]1[C@@H](NC(=O)[C@@H](C)OC(=O)CN2C(=O)CCOc3ccccc32)CCC[C@@H]1C. The summed E-state index contributed by atoms with van der Waals surface area (Å²) in [5.74, 6) is 0.370. The van der Waals surface area contributed by atoms with Crippen LogP contribution >= 0.6 is 0 Å². The first-order chi connectivity index (χ1) is 13.9. The number of para-hydroxylation sites is 2. The number of hydrogen-bond acceptors (Lipinski definition) is 5. The molecule has 1 N–H and O–H groups in total. The number of nitrogens with zero attached hydrogens (tertiary/aromatic N) is 1. The fourth-order valence-corrected chi connectivity index (χ4v) is 4.00. The van der Waals surface area contributed by atoms with Crippen LogP contribution in [0.3, 0.4) is 0 Å². The number of amides is 2. The molecule has 0 bridgehead atoms. The van der Waals surface area contributed by atoms with Crippen LogP contribution in [0.5, 0.6) is 5.75 Å². The maximum Gasteiger partial charge on any atom is 0.326 e. The summed E-state index contributed by atoms with van der Waals surface area (Å²) in [5, 5.41) is 3.03. The minimum atomic E-state index is -0.916. The molecule has 0 saturated heterocycles. The summed E-state index contributed by atoms with van der Waals surface area (Å²) >= 11 is 0. The first kappa shape index (κ1) is 21.1. The normalized spacial score (nSPS) is 25.3. The third-order valence-electron chi connectivity index (χ3n) is 6.03. The molecule has 2 aliphatic rings. The minimum Gasteiger partial charge on any atom is -0.491 e. The molecule has 1 aromatic carbocycles. The molecular weight excluding hydrogens is 372 g/mol. The third kappa shape index (κ3) is 5.08. The first-order valence-electron chi connectivity index (χ1n) is 10.4. The molecule has 3 rings (SSSR count). The maximum absolute atomic E-state index is 12.5. The van der Waals surface area contributed by atoms with Gasteiger partial charge >= 0.3 is 5.97 Å². The van der Waals surface area contributed by atoms with E-state index < -0.39 is 12.1 Å². The van der Waals surface area contributed by atoms with Crippen LogP contribution in [0.15, 0.2) is 24.3 Å². The molecule has 1 saturated carbocycles. The molecule has 158 valence electrons. The molecular formula is C22H30N2O5. The van der Waals surface area contributed by atoms with E-state index >= 15 is 0 Å². The van der Waals surface area contributed by atoms with Gasteiger partial charge in [-0.1, -0.05) is 38.8 Å². The summed E-state index contributed by atoms with van der Waals surface area (Å²) in [7, 11) is 0. The van der Waals surface area contributed by atoms with Crippen LogP contribution in [-0.4, -0.2) is 43.1 Å². The Bertz CT molecular complexity index is 765. The predicted octanol–water partition coefficient (Wildman–Crippen LogP) is 2.67. The lowest BCUT2D eigenvalue weighted by atomic mass is 9.78. The fourth-order valence-electron chi connectivity index (χ4n) is 4.00. The van der Waals surface area contributed by atoms with Crippen LogP contribution in [0.2, 0.25) is 0 Å². The first-order valence-corrected chi connectivity index (χ1v) is 10.4. The highest BCUT2D eigenvalue weighted by atomic mass is 16.5. The summed E-state index contributed by atoms with van der Waals surface area (Å²) in [5.41, 5.74) is 0.536. The summed E-state index contributed by atoms with van der Waals surface area (Å²) in [6, 6.07) is 7.18. The van der Waals surface area contributed by atoms with Crippen LogP contribution in [0.1, 0.15) is 46.5 Å². The predicted molar refractivity (Wildman–Crippen MR) is 109 cm³/mol. The molecule has 0 radical (unpaired) electrons. The lowest BCUT2D eigenvalue weighted by molar-refractivity contribution is -0.154. The van der Waals surface area contributed by atoms with Gasteiger partial charge in [0.1, 0.15) is 12.3 Å². The van der Waals surface area contributed by atoms with E-state index in [9.17, 15) is 14.4 Å². The van der Waals surface area contributed by atoms with Crippen molar-refractivity contribution in [1.29, 1.82) is 0 Å². The van der Waals surface area contributed by atoms with E-state index in [2.05, 4.69) is 19.2 Å². The number of rotatable bonds is 5. The summed E-state index contributed by atoms with van der Waals surface area (Å²) in [4.78, 5) is 38.8. The standard InChI is InChI=1S/C22H30N2O5/c1-14-7-6-8-17(15(14)2)23-22(27)16(3)29-21(26)13-24-18-9-4-5-10-19(18)28-12-11-20(24)25/h4-5,9-10,14-17H,6-8,11-13H2,1-3H3,(H,23,27)/t14-,15+,16+,17-/m0/s1. The molecule has 4 atom stereocenters. The second-order valence-corrected chi connectivity index (χ2v) is 8.06. The Morgan fingerprint density at radius 1 is 1.28 bits per heavy atom. The highest BCUT2D eigenvalue weighted by molar-refractivity contribution is 5.99. The smallest absolute Gasteiger partial charge is 0.326 e. The quantitative estimate of drug-likeness (QED) is 0.766. The Hall–Kier alpha value is -2.57. The molecule has 29 heavy (non-hydrogen) atoms. The van der Waals surface area contributed by atoms with Crippen molar-refractivity contribution in [3.8, 4) is 5.75 Å². The average molecular weight is 402 g/mol. The number of carbonyl (C=O) groups excluding carboxylic acids is 3. The van der Waals surface area contributed by atoms with Crippen molar-refractivity contribution in [2.75, 3.05) is 18.1 Å². The molecule has 1 aromatic rings. The Labute approximate surface area is 171 Å². The van der Waals surface area contributed by atoms with Crippen molar-refractivity contribution in [3.63, 3.8) is 0 Å². The average Bonchev–Trinajstić information content (AvgIpc) is 2.84. The monoisotopic (exact) mass is 402 g/mol. The molecule has 7 nitrogen and oxygen atoms in total. The second-order valence-electron chi connectivity index (χ2n) is 8.06. The van der Waals surface area contributed by atoms with Crippen LogP contribution in [0, 0.1) is 11.8 Å². The summed E-state index contributed by atoms with van der Waals surface area (Å²) in [6.45, 7) is 5.92. The van der Waals surface area contributed by atoms with Gasteiger partial charge in [0.2, 0.25) is 5.91 Å². The van der Waals surface area contributed by atoms with Gasteiger partial charge in [-0.2, -0.15) is 0 Å². The lowest BCUT2D eigenvalue weighted by Crippen LogP contribution is -2.48. The number of benzene rings is 1. The van der Waals surface area contributed by atoms with Gasteiger partial charge in [-0.15, -0.1) is 0 Å². The molecule has 1 aliphatic carbocycles. The van der Waals surface area contributed by atoms with Crippen LogP contribution in [0.4, 0.5) is 5.69 Å². The van der Waals surface area contributed by atoms with Gasteiger partial charge in [0.25, 0.3) is 5.91 Å². The minimum absolute atomic E-state index is 0.101. The molecule has 1 heterocycles. The number of nitrogens with one attached hydrogen (secondary N) is 1. The van der Waals surface area contributed by atoms with Gasteiger partial charge in [-0.25, -0.2) is 0 Å². The molecule has 0 aromatic heterocycles. The van der Waals surface area contributed by atoms with E-state index in [-0.39, 0.29) is 37.4 Å². The Morgan fingerprint density at radius 2 is 2.03 bits per heavy atom. The van der Waals surface area contributed by atoms with E-state index in [0.717, 1.165) is 12.8 Å². The topological polar surface area (TPSA) is 84.9 Å². The number of fused-ring (bicyclic) bond motifs is 1. The zero-order chi connectivity index (χ0) is 21.0. The second kappa shape index (κ2) is 9.29. The van der Waals surface area contributed by atoms with Crippen molar-refractivity contribution in [2.24, 2.45) is 11.8 Å². The van der Waals surface area contributed by atoms with Crippen molar-refractivity contribution in [2.45, 2.75) is 58.6 Å². The van der Waals surface area contributed by atoms with Crippen LogP contribution in [0.25, 0.3) is 0 Å². The van der Waals surface area contributed by atoms with E-state index in [1.807, 2.05) is 6.07 Å². The molecule has 1 aliphatic heterocycles. The molecule has 0 spiro atoms. The van der Waals surface area contributed by atoms with Crippen molar-refractivity contribution in [1.82, 2.24) is 5.32 Å². The number of anilines is 1. The molecule has 2 amide bonds. The lowest BCUT2D eigenvalue weighted by Gasteiger charge is -2.35. The van der Waals surface area contributed by atoms with E-state index in [1.54, 1.807) is 25.1 Å². The summed E-state index contributed by atoms with van der Waals surface area (Å²) < 4.78 is 10.9. The molecule has 0 unspecified atom stereocenters. The van der Waals surface area contributed by atoms with E-state index in [1.165, 1.54) is 11.3 Å². The number of hydrogen-bond donors (Lipinski definition) is 1. The number of carbonyl (C=O) groups is 3. The summed E-state index contributed by atoms with van der Waals surface area (Å²) in [6.07, 6.45) is 2.46. The largest absolute Gasteiger partial charge is 0.491 e. The Balaban J connectivity index is 1.58. The van der Waals surface area contributed by atoms with Gasteiger partial charge in [-0.05, 0) is 37.3 Å². The van der Waals surface area contributed by atoms with E-state index in [0.29, 0.717) is 23.3 Å². The zero-order valence-corrected chi connectivity index (χ0v) is 17.3. The molecule has 7 heteroatoms. The van der Waals surface area contributed by atoms with Gasteiger partial charge in [-0.3, -0.25) is 19.3 Å². The third-order valence-corrected chi connectivity index (χ3v) is 6.03. The Kier molecular flexibility index (Phi) is 6.77. The van der Waals surface area contributed by atoms with Crippen molar-refractivity contribution < 1.29 is 23.9 Å². The van der Waals surface area contributed by atoms with Gasteiger partial charge in [0, 0.05) is 6.04 Å². The van der Waals surface area contributed by atoms with Gasteiger partial charge in [0.05, 0.1) is 18.7 Å². The number of ether oxygens (including phenoxy) is 2. The molecule has 1 fully saturated rings. The fraction of sp³-hybridized carbons (Fsp3) is 0.591. The highest BCUT2D eigenvalue weighted by Crippen LogP contribution is 2.31. The number of esters is 1. The zero-order valence-electron chi connectivity index (χ0n) is 17.3. The van der Waals surface area contributed by atoms with E-state index in [4.69, 9.17) is 9.47 Å². The van der Waals surface area contributed by atoms with Crippen molar-refractivity contribution in [3.05, 3.63) is 24.3 Å². The van der Waals surface area contributed by atoms with Gasteiger partial charge in [0.15, 0.2) is 6.10 Å². The maximum atomic E-state index is 12.5.